The lowest BCUT2D eigenvalue weighted by Gasteiger charge is -2.06. The predicted octanol–water partition coefficient (Wildman–Crippen LogP) is 2.80. The van der Waals surface area contributed by atoms with Crippen molar-refractivity contribution in [2.24, 2.45) is 0 Å². The quantitative estimate of drug-likeness (QED) is 0.672. The molecule has 1 amide bonds. The fourth-order valence-electron chi connectivity index (χ4n) is 1.31. The Kier molecular flexibility index (Phi) is 5.44. The van der Waals surface area contributed by atoms with Crippen LogP contribution >= 0.6 is 22.3 Å². The fourth-order valence-corrected chi connectivity index (χ4v) is 2.80. The molecule has 1 aromatic rings. The summed E-state index contributed by atoms with van der Waals surface area (Å²) in [4.78, 5) is 11.5. The highest BCUT2D eigenvalue weighted by Crippen LogP contribution is 2.25. The van der Waals surface area contributed by atoms with Gasteiger partial charge in [-0.05, 0) is 24.6 Å². The van der Waals surface area contributed by atoms with Gasteiger partial charge in [0.05, 0.1) is 5.02 Å². The van der Waals surface area contributed by atoms with Crippen molar-refractivity contribution < 1.29 is 13.2 Å². The highest BCUT2D eigenvalue weighted by atomic mass is 35.7. The smallest absolute Gasteiger partial charge is 0.262 e. The summed E-state index contributed by atoms with van der Waals surface area (Å²) in [6.45, 7) is 2.55. The largest absolute Gasteiger partial charge is 0.352 e. The van der Waals surface area contributed by atoms with E-state index in [0.29, 0.717) is 6.54 Å². The van der Waals surface area contributed by atoms with Crippen molar-refractivity contribution in [2.45, 2.75) is 24.7 Å². The number of hydrogen-bond donors (Lipinski definition) is 1. The van der Waals surface area contributed by atoms with Gasteiger partial charge in [-0.15, -0.1) is 0 Å². The molecule has 0 aliphatic rings. The van der Waals surface area contributed by atoms with Crippen LogP contribution in [0.4, 0.5) is 0 Å². The molecule has 0 bridgehead atoms. The Bertz CT molecular complexity index is 543. The van der Waals surface area contributed by atoms with E-state index in [9.17, 15) is 13.2 Å². The number of amides is 1. The van der Waals surface area contributed by atoms with Gasteiger partial charge in [-0.3, -0.25) is 4.79 Å². The highest BCUT2D eigenvalue weighted by Gasteiger charge is 2.17. The number of carbonyl (C=O) groups excluding carboxylic acids is 1. The van der Waals surface area contributed by atoms with Crippen molar-refractivity contribution in [1.82, 2.24) is 5.32 Å². The summed E-state index contributed by atoms with van der Waals surface area (Å²) in [5, 5.41) is 2.67. The topological polar surface area (TPSA) is 63.2 Å². The molecule has 0 atom stereocenters. The predicted molar refractivity (Wildman–Crippen MR) is 71.7 cm³/mol. The van der Waals surface area contributed by atoms with Crippen LogP contribution in [0, 0.1) is 0 Å². The lowest BCUT2D eigenvalue weighted by Crippen LogP contribution is -2.24. The number of nitrogens with one attached hydrogen (secondary N) is 1. The van der Waals surface area contributed by atoms with E-state index in [4.69, 9.17) is 22.3 Å². The van der Waals surface area contributed by atoms with Crippen molar-refractivity contribution in [3.05, 3.63) is 28.8 Å². The zero-order chi connectivity index (χ0) is 13.8. The van der Waals surface area contributed by atoms with Crippen molar-refractivity contribution in [1.29, 1.82) is 0 Å². The molecule has 100 valence electrons. The minimum absolute atomic E-state index is 0.00453. The molecule has 1 rings (SSSR count). The monoisotopic (exact) mass is 309 g/mol. The number of benzene rings is 1. The number of rotatable bonds is 5. The first-order valence-electron chi connectivity index (χ1n) is 5.38. The first-order chi connectivity index (χ1) is 8.36. The summed E-state index contributed by atoms with van der Waals surface area (Å²) in [5.74, 6) is -0.346. The molecule has 0 saturated heterocycles. The lowest BCUT2D eigenvalue weighted by molar-refractivity contribution is 0.0953. The lowest BCUT2D eigenvalue weighted by atomic mass is 10.2. The summed E-state index contributed by atoms with van der Waals surface area (Å²) in [7, 11) is 1.27. The summed E-state index contributed by atoms with van der Waals surface area (Å²) < 4.78 is 22.5. The maximum Gasteiger partial charge on any atom is 0.262 e. The molecule has 0 aliphatic carbocycles. The van der Waals surface area contributed by atoms with E-state index in [0.717, 1.165) is 12.8 Å². The second-order valence-corrected chi connectivity index (χ2v) is 6.63. The summed E-state index contributed by atoms with van der Waals surface area (Å²) in [6, 6.07) is 3.96. The van der Waals surface area contributed by atoms with E-state index in [1.165, 1.54) is 18.2 Å². The second-order valence-electron chi connectivity index (χ2n) is 3.69. The molecule has 0 spiro atoms. The molecule has 0 saturated carbocycles. The minimum atomic E-state index is -3.95. The molecule has 0 radical (unpaired) electrons. The third-order valence-electron chi connectivity index (χ3n) is 2.27. The zero-order valence-corrected chi connectivity index (χ0v) is 12.1. The first-order valence-corrected chi connectivity index (χ1v) is 8.07. The fraction of sp³-hybridized carbons (Fsp3) is 0.364. The first kappa shape index (κ1) is 15.3. The SMILES string of the molecule is CCCCNC(=O)c1ccc(Cl)c(S(=O)(=O)Cl)c1. The van der Waals surface area contributed by atoms with E-state index >= 15 is 0 Å². The number of halogens is 2. The number of hydrogen-bond acceptors (Lipinski definition) is 3. The van der Waals surface area contributed by atoms with E-state index in [2.05, 4.69) is 5.32 Å². The van der Waals surface area contributed by atoms with Gasteiger partial charge < -0.3 is 5.32 Å². The van der Waals surface area contributed by atoms with Gasteiger partial charge in [0.2, 0.25) is 0 Å². The van der Waals surface area contributed by atoms with E-state index < -0.39 is 9.05 Å². The van der Waals surface area contributed by atoms with Gasteiger partial charge in [-0.25, -0.2) is 8.42 Å². The van der Waals surface area contributed by atoms with Crippen molar-refractivity contribution in [2.75, 3.05) is 6.54 Å². The van der Waals surface area contributed by atoms with Crippen molar-refractivity contribution in [3.8, 4) is 0 Å². The van der Waals surface area contributed by atoms with Crippen LogP contribution in [0.25, 0.3) is 0 Å². The van der Waals surface area contributed by atoms with Crippen LogP contribution < -0.4 is 5.32 Å². The Balaban J connectivity index is 2.95. The maximum absolute atomic E-state index is 11.7. The molecular formula is C11H13Cl2NO3S. The molecule has 0 aromatic heterocycles. The molecule has 18 heavy (non-hydrogen) atoms. The third kappa shape index (κ3) is 4.15. The molecular weight excluding hydrogens is 297 g/mol. The van der Waals surface area contributed by atoms with Gasteiger partial charge in [0.25, 0.3) is 15.0 Å². The van der Waals surface area contributed by atoms with E-state index in [-0.39, 0.29) is 21.4 Å². The summed E-state index contributed by atoms with van der Waals surface area (Å²) >= 11 is 5.72. The van der Waals surface area contributed by atoms with Crippen LogP contribution in [0.5, 0.6) is 0 Å². The van der Waals surface area contributed by atoms with Crippen molar-refractivity contribution >= 4 is 37.2 Å². The van der Waals surface area contributed by atoms with Crippen LogP contribution in [0.2, 0.25) is 5.02 Å². The molecule has 4 nitrogen and oxygen atoms in total. The van der Waals surface area contributed by atoms with Crippen LogP contribution in [0.3, 0.4) is 0 Å². The van der Waals surface area contributed by atoms with Gasteiger partial charge in [-0.1, -0.05) is 24.9 Å². The standard InChI is InChI=1S/C11H13Cl2NO3S/c1-2-3-6-14-11(15)8-4-5-9(12)10(7-8)18(13,16)17/h4-5,7H,2-3,6H2,1H3,(H,14,15). The highest BCUT2D eigenvalue weighted by molar-refractivity contribution is 8.13. The molecule has 0 unspecified atom stereocenters. The Morgan fingerprint density at radius 2 is 2.06 bits per heavy atom. The Morgan fingerprint density at radius 1 is 1.39 bits per heavy atom. The Hall–Kier alpha value is -0.780. The third-order valence-corrected chi connectivity index (χ3v) is 4.08. The van der Waals surface area contributed by atoms with E-state index in [1.807, 2.05) is 6.92 Å². The second kappa shape index (κ2) is 6.41. The molecule has 1 N–H and O–H groups in total. The molecule has 1 aromatic carbocycles. The summed E-state index contributed by atoms with van der Waals surface area (Å²) in [6.07, 6.45) is 1.82. The molecule has 0 heterocycles. The average Bonchev–Trinajstić information content (AvgIpc) is 2.28. The van der Waals surface area contributed by atoms with Crippen LogP contribution in [0.15, 0.2) is 23.1 Å². The van der Waals surface area contributed by atoms with E-state index in [1.54, 1.807) is 0 Å². The van der Waals surface area contributed by atoms with Gasteiger partial charge in [0.15, 0.2) is 0 Å². The van der Waals surface area contributed by atoms with Crippen molar-refractivity contribution in [3.63, 3.8) is 0 Å². The molecule has 0 aliphatic heterocycles. The zero-order valence-electron chi connectivity index (χ0n) is 9.74. The normalized spacial score (nSPS) is 11.3. The van der Waals surface area contributed by atoms with Gasteiger partial charge in [-0.2, -0.15) is 0 Å². The van der Waals surface area contributed by atoms with Gasteiger partial charge in [0, 0.05) is 22.8 Å². The Morgan fingerprint density at radius 3 is 2.61 bits per heavy atom. The van der Waals surface area contributed by atoms with Gasteiger partial charge >= 0.3 is 0 Å². The maximum atomic E-state index is 11.7. The number of carbonyl (C=O) groups is 1. The average molecular weight is 310 g/mol. The Labute approximate surface area is 116 Å². The van der Waals surface area contributed by atoms with Crippen LogP contribution in [-0.2, 0) is 9.05 Å². The summed E-state index contributed by atoms with van der Waals surface area (Å²) in [5.41, 5.74) is 0.217. The van der Waals surface area contributed by atoms with Crippen LogP contribution in [0.1, 0.15) is 30.1 Å². The van der Waals surface area contributed by atoms with Crippen LogP contribution in [-0.4, -0.2) is 20.9 Å². The number of unbranched alkanes of at least 4 members (excludes halogenated alkanes) is 1. The molecule has 0 fully saturated rings. The molecule has 7 heteroatoms. The van der Waals surface area contributed by atoms with Gasteiger partial charge in [0.1, 0.15) is 4.90 Å². The minimum Gasteiger partial charge on any atom is -0.352 e.